The first kappa shape index (κ1) is 22.5. The van der Waals surface area contributed by atoms with Crippen LogP contribution in [0.1, 0.15) is 27.4 Å². The molecular formula is C25H19Cl3N2O2. The second kappa shape index (κ2) is 9.83. The molecule has 3 aromatic rings. The number of rotatable bonds is 5. The third-order valence-electron chi connectivity index (χ3n) is 5.64. The molecule has 1 amide bonds. The van der Waals surface area contributed by atoms with Crippen molar-refractivity contribution >= 4 is 40.7 Å². The van der Waals surface area contributed by atoms with Crippen LogP contribution in [-0.2, 0) is 0 Å². The molecule has 0 N–H and O–H groups in total. The minimum Gasteiger partial charge on any atom is -0.493 e. The fraction of sp³-hybridized carbons (Fsp3) is 0.200. The van der Waals surface area contributed by atoms with Crippen molar-refractivity contribution in [1.29, 1.82) is 5.26 Å². The monoisotopic (exact) mass is 484 g/mol. The number of hydrogen-bond donors (Lipinski definition) is 0. The van der Waals surface area contributed by atoms with Crippen LogP contribution in [0.2, 0.25) is 15.1 Å². The lowest BCUT2D eigenvalue weighted by Crippen LogP contribution is -2.29. The summed E-state index contributed by atoms with van der Waals surface area (Å²) in [5.74, 6) is 0.748. The third-order valence-corrected chi connectivity index (χ3v) is 6.63. The van der Waals surface area contributed by atoms with Crippen molar-refractivity contribution in [2.45, 2.75) is 5.92 Å². The summed E-state index contributed by atoms with van der Waals surface area (Å²) in [6.45, 7) is 1.51. The van der Waals surface area contributed by atoms with Crippen LogP contribution in [0, 0.1) is 17.2 Å². The van der Waals surface area contributed by atoms with Crippen molar-refractivity contribution in [2.24, 2.45) is 5.92 Å². The lowest BCUT2D eigenvalue weighted by atomic mass is 9.89. The summed E-state index contributed by atoms with van der Waals surface area (Å²) in [7, 11) is 0. The molecule has 4 nitrogen and oxygen atoms in total. The van der Waals surface area contributed by atoms with E-state index < -0.39 is 0 Å². The SMILES string of the molecule is N#Cc1ccc(C(=O)N2CC(COc3ccc(Cl)cc3)C(c3ccc(Cl)c(Cl)c3)C2)cc1. The first-order valence-corrected chi connectivity index (χ1v) is 11.2. The summed E-state index contributed by atoms with van der Waals surface area (Å²) < 4.78 is 6.02. The van der Waals surface area contributed by atoms with E-state index in [1.54, 1.807) is 42.5 Å². The van der Waals surface area contributed by atoms with Gasteiger partial charge in [0.1, 0.15) is 5.75 Å². The van der Waals surface area contributed by atoms with E-state index in [9.17, 15) is 4.79 Å². The molecule has 1 saturated heterocycles. The number of nitriles is 1. The van der Waals surface area contributed by atoms with Gasteiger partial charge in [-0.05, 0) is 66.2 Å². The second-order valence-corrected chi connectivity index (χ2v) is 8.96. The molecule has 7 heteroatoms. The molecule has 1 aliphatic heterocycles. The van der Waals surface area contributed by atoms with Crippen molar-refractivity contribution < 1.29 is 9.53 Å². The number of carbonyl (C=O) groups is 1. The average molecular weight is 486 g/mol. The largest absolute Gasteiger partial charge is 0.493 e. The number of likely N-dealkylation sites (tertiary alicyclic amines) is 1. The van der Waals surface area contributed by atoms with Gasteiger partial charge in [-0.1, -0.05) is 40.9 Å². The van der Waals surface area contributed by atoms with Crippen LogP contribution in [0.25, 0.3) is 0 Å². The number of amides is 1. The topological polar surface area (TPSA) is 53.3 Å². The van der Waals surface area contributed by atoms with E-state index in [0.717, 1.165) is 11.3 Å². The van der Waals surface area contributed by atoms with Gasteiger partial charge in [0, 0.05) is 35.5 Å². The van der Waals surface area contributed by atoms with Gasteiger partial charge in [-0.3, -0.25) is 4.79 Å². The van der Waals surface area contributed by atoms with E-state index >= 15 is 0 Å². The maximum absolute atomic E-state index is 13.1. The number of hydrogen-bond acceptors (Lipinski definition) is 3. The fourth-order valence-corrected chi connectivity index (χ4v) is 4.36. The summed E-state index contributed by atoms with van der Waals surface area (Å²) in [6, 6.07) is 21.6. The molecule has 1 heterocycles. The molecule has 2 unspecified atom stereocenters. The van der Waals surface area contributed by atoms with Crippen molar-refractivity contribution in [3.8, 4) is 11.8 Å². The van der Waals surface area contributed by atoms with Gasteiger partial charge in [0.15, 0.2) is 0 Å². The molecule has 1 fully saturated rings. The standard InChI is InChI=1S/C25H19Cl3N2O2/c26-20-6-8-21(9-7-20)32-15-19-13-30(25(31)17-3-1-16(12-29)2-4-17)14-22(19)18-5-10-23(27)24(28)11-18/h1-11,19,22H,13-15H2. The molecule has 0 aromatic heterocycles. The Morgan fingerprint density at radius 2 is 1.69 bits per heavy atom. The van der Waals surface area contributed by atoms with Gasteiger partial charge in [-0.25, -0.2) is 0 Å². The summed E-state index contributed by atoms with van der Waals surface area (Å²) in [5, 5.41) is 10.6. The Kier molecular flexibility index (Phi) is 6.91. The Hall–Kier alpha value is -2.71. The van der Waals surface area contributed by atoms with Crippen molar-refractivity contribution in [1.82, 2.24) is 4.90 Å². The zero-order valence-electron chi connectivity index (χ0n) is 17.0. The van der Waals surface area contributed by atoms with E-state index in [-0.39, 0.29) is 17.7 Å². The molecule has 4 rings (SSSR count). The number of carbonyl (C=O) groups excluding carboxylic acids is 1. The summed E-state index contributed by atoms with van der Waals surface area (Å²) in [6.07, 6.45) is 0. The van der Waals surface area contributed by atoms with Crippen LogP contribution in [-0.4, -0.2) is 30.5 Å². The van der Waals surface area contributed by atoms with Crippen LogP contribution < -0.4 is 4.74 Å². The highest BCUT2D eigenvalue weighted by molar-refractivity contribution is 6.42. The molecule has 0 saturated carbocycles. The van der Waals surface area contributed by atoms with Crippen LogP contribution in [0.15, 0.2) is 66.7 Å². The highest BCUT2D eigenvalue weighted by Crippen LogP contribution is 2.36. The normalized spacial score (nSPS) is 17.8. The van der Waals surface area contributed by atoms with Gasteiger partial charge in [-0.2, -0.15) is 5.26 Å². The molecule has 0 bridgehead atoms. The maximum atomic E-state index is 13.1. The highest BCUT2D eigenvalue weighted by atomic mass is 35.5. The molecule has 0 spiro atoms. The predicted molar refractivity (Wildman–Crippen MR) is 127 cm³/mol. The zero-order valence-corrected chi connectivity index (χ0v) is 19.2. The summed E-state index contributed by atoms with van der Waals surface area (Å²) >= 11 is 18.3. The van der Waals surface area contributed by atoms with Crippen molar-refractivity contribution in [3.05, 3.63) is 98.5 Å². The number of ether oxygens (including phenoxy) is 1. The van der Waals surface area contributed by atoms with E-state index in [4.69, 9.17) is 44.8 Å². The lowest BCUT2D eigenvalue weighted by molar-refractivity contribution is 0.0782. The second-order valence-electron chi connectivity index (χ2n) is 7.70. The molecule has 0 radical (unpaired) electrons. The van der Waals surface area contributed by atoms with E-state index in [0.29, 0.717) is 45.9 Å². The van der Waals surface area contributed by atoms with Gasteiger partial charge in [0.05, 0.1) is 28.3 Å². The number of benzene rings is 3. The smallest absolute Gasteiger partial charge is 0.253 e. The van der Waals surface area contributed by atoms with Gasteiger partial charge >= 0.3 is 0 Å². The third kappa shape index (κ3) is 5.02. The summed E-state index contributed by atoms with van der Waals surface area (Å²) in [4.78, 5) is 15.0. The maximum Gasteiger partial charge on any atom is 0.253 e. The van der Waals surface area contributed by atoms with Gasteiger partial charge < -0.3 is 9.64 Å². The Bertz CT molecular complexity index is 1160. The Labute approximate surface area is 201 Å². The quantitative estimate of drug-likeness (QED) is 0.417. The fourth-order valence-electron chi connectivity index (χ4n) is 3.93. The Morgan fingerprint density at radius 3 is 2.34 bits per heavy atom. The first-order chi connectivity index (χ1) is 15.4. The van der Waals surface area contributed by atoms with Crippen LogP contribution in [0.3, 0.4) is 0 Å². The molecule has 3 aromatic carbocycles. The van der Waals surface area contributed by atoms with Crippen LogP contribution in [0.4, 0.5) is 0 Å². The van der Waals surface area contributed by atoms with E-state index in [2.05, 4.69) is 6.07 Å². The predicted octanol–water partition coefficient (Wildman–Crippen LogP) is 6.45. The van der Waals surface area contributed by atoms with Crippen LogP contribution in [0.5, 0.6) is 5.75 Å². The molecular weight excluding hydrogens is 467 g/mol. The van der Waals surface area contributed by atoms with E-state index in [1.807, 2.05) is 29.2 Å². The molecule has 0 aliphatic carbocycles. The zero-order chi connectivity index (χ0) is 22.7. The van der Waals surface area contributed by atoms with Gasteiger partial charge in [0.2, 0.25) is 0 Å². The lowest BCUT2D eigenvalue weighted by Gasteiger charge is -2.19. The van der Waals surface area contributed by atoms with Crippen molar-refractivity contribution in [3.63, 3.8) is 0 Å². The molecule has 2 atom stereocenters. The average Bonchev–Trinajstić information content (AvgIpc) is 3.24. The Balaban J connectivity index is 1.56. The summed E-state index contributed by atoms with van der Waals surface area (Å²) in [5.41, 5.74) is 2.08. The molecule has 32 heavy (non-hydrogen) atoms. The van der Waals surface area contributed by atoms with Crippen LogP contribution >= 0.6 is 34.8 Å². The molecule has 162 valence electrons. The van der Waals surface area contributed by atoms with Gasteiger partial charge in [0.25, 0.3) is 5.91 Å². The minimum absolute atomic E-state index is 0.0411. The number of halogens is 3. The van der Waals surface area contributed by atoms with E-state index in [1.165, 1.54) is 0 Å². The van der Waals surface area contributed by atoms with Gasteiger partial charge in [-0.15, -0.1) is 0 Å². The minimum atomic E-state index is -0.0754. The Morgan fingerprint density at radius 1 is 0.969 bits per heavy atom. The van der Waals surface area contributed by atoms with Crippen molar-refractivity contribution in [2.75, 3.05) is 19.7 Å². The molecule has 1 aliphatic rings. The number of nitrogens with zero attached hydrogens (tertiary/aromatic N) is 2. The first-order valence-electron chi connectivity index (χ1n) is 10.1. The highest BCUT2D eigenvalue weighted by Gasteiger charge is 2.37.